The minimum atomic E-state index is -2.27. The van der Waals surface area contributed by atoms with Gasteiger partial charge in [0.1, 0.15) is 6.10 Å². The Morgan fingerprint density at radius 2 is 1.30 bits per heavy atom. The van der Waals surface area contributed by atoms with Crippen LogP contribution in [-0.2, 0) is 20.1 Å². The number of benzene rings is 1. The maximum absolute atomic E-state index is 14.7. The molecule has 288 valence electrons. The largest absolute Gasteiger partial charge is 0.411 e. The summed E-state index contributed by atoms with van der Waals surface area (Å²) < 4.78 is 14.7. The van der Waals surface area contributed by atoms with E-state index in [1.54, 1.807) is 0 Å². The summed E-state index contributed by atoms with van der Waals surface area (Å²) in [7, 11) is -4.50. The Hall–Kier alpha value is -1.04. The highest BCUT2D eigenvalue weighted by Gasteiger charge is 2.46. The average Bonchev–Trinajstić information content (AvgIpc) is 3.83. The summed E-state index contributed by atoms with van der Waals surface area (Å²) in [5.41, 5.74) is 1.22. The van der Waals surface area contributed by atoms with Crippen LogP contribution in [0, 0.1) is 23.7 Å². The van der Waals surface area contributed by atoms with Gasteiger partial charge in [0.05, 0.1) is 24.4 Å². The highest BCUT2D eigenvalue weighted by molar-refractivity contribution is 6.74. The lowest BCUT2D eigenvalue weighted by Crippen LogP contribution is -2.54. The highest BCUT2D eigenvalue weighted by Crippen LogP contribution is 2.43. The summed E-state index contributed by atoms with van der Waals surface area (Å²) in [6.07, 6.45) is 9.28. The maximum atomic E-state index is 14.7. The number of aliphatic hydroxyl groups excluding tert-OH is 2. The number of hydrogen-bond donors (Lipinski definition) is 3. The zero-order valence-corrected chi connectivity index (χ0v) is 36.2. The second kappa shape index (κ2) is 18.3. The third-order valence-electron chi connectivity index (χ3n) is 12.6. The van der Waals surface area contributed by atoms with Gasteiger partial charge in [0, 0.05) is 5.92 Å². The van der Waals surface area contributed by atoms with Crippen molar-refractivity contribution >= 4 is 22.5 Å². The molecule has 8 heteroatoms. The minimum Gasteiger partial charge on any atom is -0.411 e. The normalized spacial score (nSPS) is 20.6. The number of carbonyl (C=O) groups is 1. The molecule has 6 atom stereocenters. The second-order valence-electron chi connectivity index (χ2n) is 19.7. The standard InChI is InChI=1S/C42H77NO5Si2/c1-30(2)25-36(44)39(45)35(27-31-19-15-13-16-20-31)43-40(46)34(26-33-23-24-33)29-38(48-50(11,12)42(6,7)8)37(28-32-21-17-14-18-22-32)47-49(9,10)41(3,4)5/h14,17-18,21-22,30-31,33-39,44-45H,13,15-16,19-20,23-29H2,1-12H3,(H,43,46)/t34-,35+,36+,37-,38+,39-/m1/s1. The first-order valence-corrected chi connectivity index (χ1v) is 26.0. The number of carbonyl (C=O) groups excluding carboxylic acids is 1. The van der Waals surface area contributed by atoms with Crippen LogP contribution in [0.4, 0.5) is 0 Å². The first-order chi connectivity index (χ1) is 23.1. The van der Waals surface area contributed by atoms with E-state index in [0.29, 0.717) is 31.1 Å². The molecule has 0 heterocycles. The van der Waals surface area contributed by atoms with Gasteiger partial charge in [0.15, 0.2) is 16.6 Å². The van der Waals surface area contributed by atoms with E-state index in [-0.39, 0.29) is 40.0 Å². The monoisotopic (exact) mass is 732 g/mol. The molecule has 0 spiro atoms. The van der Waals surface area contributed by atoms with Gasteiger partial charge >= 0.3 is 0 Å². The molecule has 0 aliphatic heterocycles. The van der Waals surface area contributed by atoms with Crippen LogP contribution in [0.1, 0.15) is 132 Å². The van der Waals surface area contributed by atoms with Crippen LogP contribution in [0.3, 0.4) is 0 Å². The Kier molecular flexibility index (Phi) is 15.9. The molecule has 6 nitrogen and oxygen atoms in total. The molecule has 0 unspecified atom stereocenters. The number of rotatable bonds is 19. The lowest BCUT2D eigenvalue weighted by Gasteiger charge is -2.46. The van der Waals surface area contributed by atoms with Crippen LogP contribution in [0.2, 0.25) is 36.3 Å². The molecule has 1 aromatic carbocycles. The lowest BCUT2D eigenvalue weighted by atomic mass is 9.82. The molecule has 0 radical (unpaired) electrons. The first-order valence-electron chi connectivity index (χ1n) is 20.2. The Bertz CT molecular complexity index is 1150. The van der Waals surface area contributed by atoms with Crippen molar-refractivity contribution in [2.24, 2.45) is 23.7 Å². The van der Waals surface area contributed by atoms with Crippen LogP contribution >= 0.6 is 0 Å². The summed E-state index contributed by atoms with van der Waals surface area (Å²) in [4.78, 5) is 14.7. The van der Waals surface area contributed by atoms with E-state index in [9.17, 15) is 15.0 Å². The lowest BCUT2D eigenvalue weighted by molar-refractivity contribution is -0.129. The molecule has 1 aromatic rings. The fourth-order valence-corrected chi connectivity index (χ4v) is 9.79. The molecule has 2 fully saturated rings. The van der Waals surface area contributed by atoms with Gasteiger partial charge in [0.2, 0.25) is 5.91 Å². The smallest absolute Gasteiger partial charge is 0.223 e. The van der Waals surface area contributed by atoms with Crippen molar-refractivity contribution in [2.75, 3.05) is 0 Å². The van der Waals surface area contributed by atoms with E-state index in [4.69, 9.17) is 8.85 Å². The van der Waals surface area contributed by atoms with Gasteiger partial charge in [-0.1, -0.05) is 131 Å². The zero-order chi connectivity index (χ0) is 37.5. The molecule has 2 aliphatic rings. The van der Waals surface area contributed by atoms with Crippen molar-refractivity contribution in [3.05, 3.63) is 35.9 Å². The SMILES string of the molecule is CC(C)C[C@H](O)[C@H](O)[C@H](CC1CCCCC1)NC(=O)[C@H](CC1CC1)C[C@H](O[Si](C)(C)C(C)(C)C)[C@@H](Cc1ccccc1)O[Si](C)(C)C(C)(C)C. The van der Waals surface area contributed by atoms with Crippen LogP contribution in [0.5, 0.6) is 0 Å². The maximum Gasteiger partial charge on any atom is 0.223 e. The average molecular weight is 732 g/mol. The summed E-state index contributed by atoms with van der Waals surface area (Å²) in [5, 5.41) is 26.1. The van der Waals surface area contributed by atoms with Gasteiger partial charge in [-0.3, -0.25) is 4.79 Å². The van der Waals surface area contributed by atoms with Crippen molar-refractivity contribution in [3.63, 3.8) is 0 Å². The van der Waals surface area contributed by atoms with Gasteiger partial charge < -0.3 is 24.4 Å². The third-order valence-corrected chi connectivity index (χ3v) is 21.6. The van der Waals surface area contributed by atoms with Crippen molar-refractivity contribution in [2.45, 2.75) is 199 Å². The Labute approximate surface area is 309 Å². The third kappa shape index (κ3) is 13.4. The van der Waals surface area contributed by atoms with Crippen LogP contribution in [0.25, 0.3) is 0 Å². The molecule has 0 bridgehead atoms. The topological polar surface area (TPSA) is 88.0 Å². The molecule has 3 rings (SSSR count). The zero-order valence-electron chi connectivity index (χ0n) is 34.2. The van der Waals surface area contributed by atoms with Crippen molar-refractivity contribution < 1.29 is 23.9 Å². The Morgan fingerprint density at radius 3 is 1.80 bits per heavy atom. The fraction of sp³-hybridized carbons (Fsp3) is 0.833. The number of amides is 1. The summed E-state index contributed by atoms with van der Waals surface area (Å²) in [6, 6.07) is 10.1. The van der Waals surface area contributed by atoms with Gasteiger partial charge in [0.25, 0.3) is 0 Å². The first kappa shape index (κ1) is 43.4. The number of nitrogens with one attached hydrogen (secondary N) is 1. The van der Waals surface area contributed by atoms with E-state index >= 15 is 0 Å². The quantitative estimate of drug-likeness (QED) is 0.123. The predicted octanol–water partition coefficient (Wildman–Crippen LogP) is 10.0. The number of aliphatic hydroxyl groups is 2. The summed E-state index contributed by atoms with van der Waals surface area (Å²) in [5.74, 6) is 0.995. The highest BCUT2D eigenvalue weighted by atomic mass is 28.4. The van der Waals surface area contributed by atoms with Gasteiger partial charge in [-0.05, 0) is 91.7 Å². The van der Waals surface area contributed by atoms with Gasteiger partial charge in [-0.15, -0.1) is 0 Å². The molecule has 1 amide bonds. The molecular weight excluding hydrogens is 655 g/mol. The van der Waals surface area contributed by atoms with Crippen molar-refractivity contribution in [1.29, 1.82) is 0 Å². The van der Waals surface area contributed by atoms with E-state index in [1.165, 1.54) is 24.8 Å². The minimum absolute atomic E-state index is 0.00289. The molecule has 3 N–H and O–H groups in total. The van der Waals surface area contributed by atoms with Gasteiger partial charge in [-0.2, -0.15) is 0 Å². The molecule has 50 heavy (non-hydrogen) atoms. The molecule has 2 aliphatic carbocycles. The van der Waals surface area contributed by atoms with Gasteiger partial charge in [-0.25, -0.2) is 0 Å². The molecule has 0 aromatic heterocycles. The molecular formula is C42H77NO5Si2. The van der Waals surface area contributed by atoms with E-state index < -0.39 is 34.9 Å². The van der Waals surface area contributed by atoms with Crippen LogP contribution < -0.4 is 5.32 Å². The van der Waals surface area contributed by atoms with Crippen molar-refractivity contribution in [1.82, 2.24) is 5.32 Å². The van der Waals surface area contributed by atoms with Crippen LogP contribution in [-0.4, -0.2) is 63.2 Å². The van der Waals surface area contributed by atoms with E-state index in [1.807, 2.05) is 0 Å². The summed E-state index contributed by atoms with van der Waals surface area (Å²) in [6.45, 7) is 27.1. The summed E-state index contributed by atoms with van der Waals surface area (Å²) >= 11 is 0. The Balaban J connectivity index is 2.01. The van der Waals surface area contributed by atoms with E-state index in [2.05, 4.69) is 117 Å². The fourth-order valence-electron chi connectivity index (χ4n) is 7.09. The number of hydrogen-bond acceptors (Lipinski definition) is 5. The molecule has 2 saturated carbocycles. The van der Waals surface area contributed by atoms with E-state index in [0.717, 1.165) is 38.5 Å². The predicted molar refractivity (Wildman–Crippen MR) is 214 cm³/mol. The van der Waals surface area contributed by atoms with Crippen LogP contribution in [0.15, 0.2) is 30.3 Å². The molecule has 0 saturated heterocycles. The van der Waals surface area contributed by atoms with Crippen molar-refractivity contribution in [3.8, 4) is 0 Å². The second-order valence-corrected chi connectivity index (χ2v) is 29.2. The Morgan fingerprint density at radius 1 is 0.780 bits per heavy atom.